The molecule has 8 nitrogen and oxygen atoms in total. The number of anilines is 1. The van der Waals surface area contributed by atoms with Gasteiger partial charge in [0.1, 0.15) is 11.6 Å². The number of carbonyl (C=O) groups is 3. The number of hydrogen-bond donors (Lipinski definition) is 3. The highest BCUT2D eigenvalue weighted by atomic mass is 35.5. The lowest BCUT2D eigenvalue weighted by atomic mass is 10.2. The molecule has 31 heavy (non-hydrogen) atoms. The quantitative estimate of drug-likeness (QED) is 0.237. The highest BCUT2D eigenvalue weighted by Crippen LogP contribution is 2.20. The van der Waals surface area contributed by atoms with Crippen molar-refractivity contribution < 1.29 is 23.5 Å². The Labute approximate surface area is 183 Å². The molecule has 0 aliphatic carbocycles. The molecule has 10 heteroatoms. The summed E-state index contributed by atoms with van der Waals surface area (Å²) in [7, 11) is 0. The summed E-state index contributed by atoms with van der Waals surface area (Å²) < 4.78 is 18.7. The fraction of sp³-hybridized carbons (Fsp3) is 0.238. The Morgan fingerprint density at radius 2 is 1.94 bits per heavy atom. The molecule has 0 saturated carbocycles. The molecular weight excluding hydrogens is 427 g/mol. The topological polar surface area (TPSA) is 109 Å². The summed E-state index contributed by atoms with van der Waals surface area (Å²) in [5.41, 5.74) is 2.94. The second kappa shape index (κ2) is 12.3. The maximum Gasteiger partial charge on any atom is 0.329 e. The lowest BCUT2D eigenvalue weighted by Gasteiger charge is -2.10. The molecule has 0 atom stereocenters. The molecule has 0 heterocycles. The van der Waals surface area contributed by atoms with Crippen LogP contribution >= 0.6 is 11.6 Å². The summed E-state index contributed by atoms with van der Waals surface area (Å²) in [4.78, 5) is 35.4. The van der Waals surface area contributed by atoms with Gasteiger partial charge in [-0.05, 0) is 36.8 Å². The molecule has 2 aromatic carbocycles. The number of benzene rings is 2. The Morgan fingerprint density at radius 1 is 1.16 bits per heavy atom. The number of nitrogens with zero attached hydrogens (tertiary/aromatic N) is 1. The average Bonchev–Trinajstić information content (AvgIpc) is 2.75. The number of halogens is 2. The van der Waals surface area contributed by atoms with Gasteiger partial charge in [0, 0.05) is 17.8 Å². The number of nitrogens with one attached hydrogen (secondary N) is 3. The Bertz CT molecular complexity index is 968. The molecule has 0 saturated heterocycles. The van der Waals surface area contributed by atoms with Gasteiger partial charge in [-0.15, -0.1) is 0 Å². The Hall–Kier alpha value is -3.46. The van der Waals surface area contributed by atoms with Gasteiger partial charge in [-0.3, -0.25) is 14.4 Å². The molecule has 0 fully saturated rings. The second-order valence-electron chi connectivity index (χ2n) is 6.31. The van der Waals surface area contributed by atoms with Crippen molar-refractivity contribution in [1.29, 1.82) is 0 Å². The van der Waals surface area contributed by atoms with Crippen LogP contribution < -0.4 is 20.8 Å². The van der Waals surface area contributed by atoms with Crippen molar-refractivity contribution in [2.45, 2.75) is 19.8 Å². The maximum atomic E-state index is 13.2. The minimum atomic E-state index is -0.886. The SMILES string of the molecule is CCCCNC(=O)C(=O)N/N=C\c1ccccc1OCC(=O)Nc1ccc(F)c(Cl)c1. The number of hydrazone groups is 1. The summed E-state index contributed by atoms with van der Waals surface area (Å²) in [6.45, 7) is 2.06. The second-order valence-corrected chi connectivity index (χ2v) is 6.72. The molecule has 0 bridgehead atoms. The van der Waals surface area contributed by atoms with Gasteiger partial charge in [0.15, 0.2) is 6.61 Å². The lowest BCUT2D eigenvalue weighted by molar-refractivity contribution is -0.139. The van der Waals surface area contributed by atoms with Crippen molar-refractivity contribution in [3.63, 3.8) is 0 Å². The fourth-order valence-electron chi connectivity index (χ4n) is 2.30. The van der Waals surface area contributed by atoms with E-state index in [0.29, 0.717) is 23.5 Å². The highest BCUT2D eigenvalue weighted by Gasteiger charge is 2.11. The lowest BCUT2D eigenvalue weighted by Crippen LogP contribution is -2.38. The van der Waals surface area contributed by atoms with Crippen molar-refractivity contribution in [2.75, 3.05) is 18.5 Å². The average molecular weight is 449 g/mol. The third-order valence-corrected chi connectivity index (χ3v) is 4.16. The number of hydrogen-bond acceptors (Lipinski definition) is 5. The van der Waals surface area contributed by atoms with E-state index in [1.54, 1.807) is 24.3 Å². The number of carbonyl (C=O) groups excluding carboxylic acids is 3. The Balaban J connectivity index is 1.88. The van der Waals surface area contributed by atoms with Crippen molar-refractivity contribution in [3.8, 4) is 5.75 Å². The van der Waals surface area contributed by atoms with Gasteiger partial charge in [0.25, 0.3) is 5.91 Å². The number of amides is 3. The van der Waals surface area contributed by atoms with Crippen LogP contribution in [0.15, 0.2) is 47.6 Å². The van der Waals surface area contributed by atoms with Crippen LogP contribution in [0.1, 0.15) is 25.3 Å². The minimum absolute atomic E-state index is 0.110. The van der Waals surface area contributed by atoms with Crippen molar-refractivity contribution in [2.24, 2.45) is 5.10 Å². The standard InChI is InChI=1S/C21H22ClFN4O4/c1-2-3-10-24-20(29)21(30)27-25-12-14-6-4-5-7-18(14)31-13-19(28)26-15-8-9-17(23)16(22)11-15/h4-9,11-12H,2-3,10,13H2,1H3,(H,24,29)(H,26,28)(H,27,30)/b25-12-. The van der Waals surface area contributed by atoms with E-state index in [2.05, 4.69) is 21.2 Å². The smallest absolute Gasteiger partial charge is 0.329 e. The van der Waals surface area contributed by atoms with E-state index in [1.165, 1.54) is 18.3 Å². The summed E-state index contributed by atoms with van der Waals surface area (Å²) in [5, 5.41) is 8.66. The predicted molar refractivity (Wildman–Crippen MR) is 116 cm³/mol. The van der Waals surface area contributed by atoms with E-state index in [1.807, 2.05) is 6.92 Å². The third kappa shape index (κ3) is 8.06. The molecular formula is C21H22ClFN4O4. The Morgan fingerprint density at radius 3 is 2.68 bits per heavy atom. The third-order valence-electron chi connectivity index (χ3n) is 3.87. The van der Waals surface area contributed by atoms with E-state index in [0.717, 1.165) is 18.9 Å². The van der Waals surface area contributed by atoms with Crippen LogP contribution in [-0.2, 0) is 14.4 Å². The molecule has 0 radical (unpaired) electrons. The van der Waals surface area contributed by atoms with Crippen LogP contribution in [0.25, 0.3) is 0 Å². The molecule has 0 unspecified atom stereocenters. The first-order valence-corrected chi connectivity index (χ1v) is 9.86. The van der Waals surface area contributed by atoms with Crippen LogP contribution in [0, 0.1) is 5.82 Å². The normalized spacial score (nSPS) is 10.5. The maximum absolute atomic E-state index is 13.2. The van der Waals surface area contributed by atoms with Crippen LogP contribution in [0.3, 0.4) is 0 Å². The number of ether oxygens (including phenoxy) is 1. The monoisotopic (exact) mass is 448 g/mol. The van der Waals surface area contributed by atoms with Crippen molar-refractivity contribution in [1.82, 2.24) is 10.7 Å². The first kappa shape index (κ1) is 23.8. The molecule has 3 amide bonds. The van der Waals surface area contributed by atoms with Gasteiger partial charge >= 0.3 is 11.8 Å². The van der Waals surface area contributed by atoms with E-state index >= 15 is 0 Å². The first-order valence-electron chi connectivity index (χ1n) is 9.48. The van der Waals surface area contributed by atoms with Gasteiger partial charge in [-0.2, -0.15) is 5.10 Å². The summed E-state index contributed by atoms with van der Waals surface area (Å²) in [6, 6.07) is 10.5. The Kier molecular flexibility index (Phi) is 9.44. The van der Waals surface area contributed by atoms with E-state index in [9.17, 15) is 18.8 Å². The molecule has 2 rings (SSSR count). The number of para-hydroxylation sites is 1. The van der Waals surface area contributed by atoms with Crippen LogP contribution in [0.4, 0.5) is 10.1 Å². The minimum Gasteiger partial charge on any atom is -0.483 e. The molecule has 0 aliphatic heterocycles. The van der Waals surface area contributed by atoms with Crippen LogP contribution in [0.5, 0.6) is 5.75 Å². The van der Waals surface area contributed by atoms with Crippen LogP contribution in [0.2, 0.25) is 5.02 Å². The van der Waals surface area contributed by atoms with Gasteiger partial charge in [0.2, 0.25) is 0 Å². The molecule has 3 N–H and O–H groups in total. The van der Waals surface area contributed by atoms with Gasteiger partial charge in [-0.25, -0.2) is 9.82 Å². The van der Waals surface area contributed by atoms with Gasteiger partial charge in [-0.1, -0.05) is 37.1 Å². The highest BCUT2D eigenvalue weighted by molar-refractivity contribution is 6.35. The van der Waals surface area contributed by atoms with Gasteiger partial charge < -0.3 is 15.4 Å². The number of rotatable bonds is 9. The first-order chi connectivity index (χ1) is 14.9. The van der Waals surface area contributed by atoms with Gasteiger partial charge in [0.05, 0.1) is 11.2 Å². The van der Waals surface area contributed by atoms with Crippen LogP contribution in [-0.4, -0.2) is 37.1 Å². The zero-order valence-corrected chi connectivity index (χ0v) is 17.5. The van der Waals surface area contributed by atoms with E-state index in [4.69, 9.17) is 16.3 Å². The molecule has 0 aromatic heterocycles. The van der Waals surface area contributed by atoms with E-state index < -0.39 is 23.5 Å². The largest absolute Gasteiger partial charge is 0.483 e. The van der Waals surface area contributed by atoms with Crippen molar-refractivity contribution in [3.05, 3.63) is 58.9 Å². The summed E-state index contributed by atoms with van der Waals surface area (Å²) in [5.74, 6) is -2.39. The molecule has 0 spiro atoms. The summed E-state index contributed by atoms with van der Waals surface area (Å²) >= 11 is 5.69. The zero-order valence-electron chi connectivity index (χ0n) is 16.8. The number of unbranched alkanes of at least 4 members (excludes halogenated alkanes) is 1. The molecule has 164 valence electrons. The molecule has 2 aromatic rings. The summed E-state index contributed by atoms with van der Waals surface area (Å²) in [6.07, 6.45) is 2.96. The predicted octanol–water partition coefficient (Wildman–Crippen LogP) is 2.86. The fourth-order valence-corrected chi connectivity index (χ4v) is 2.48. The van der Waals surface area contributed by atoms with E-state index in [-0.39, 0.29) is 11.6 Å². The zero-order chi connectivity index (χ0) is 22.6. The van der Waals surface area contributed by atoms with Crippen molar-refractivity contribution >= 4 is 41.2 Å². The molecule has 0 aliphatic rings.